The fourth-order valence-electron chi connectivity index (χ4n) is 2.23. The summed E-state index contributed by atoms with van der Waals surface area (Å²) >= 11 is 12.0. The molecule has 0 aliphatic carbocycles. The van der Waals surface area contributed by atoms with Crippen molar-refractivity contribution in [2.45, 2.75) is 0 Å². The quantitative estimate of drug-likeness (QED) is 0.322. The lowest BCUT2D eigenvalue weighted by Gasteiger charge is -1.99. The SMILES string of the molecule is O=C1OC(C=Cc2cccc(Cl)c2Cl)=NC1=Cc1ccccc1[N+](=O)[O-]. The van der Waals surface area contributed by atoms with E-state index in [1.54, 1.807) is 36.4 Å². The Kier molecular flexibility index (Phi) is 5.16. The Hall–Kier alpha value is -2.96. The van der Waals surface area contributed by atoms with E-state index in [1.807, 2.05) is 0 Å². The van der Waals surface area contributed by atoms with Gasteiger partial charge in [0.25, 0.3) is 5.69 Å². The number of para-hydroxylation sites is 1. The molecule has 1 heterocycles. The lowest BCUT2D eigenvalue weighted by Crippen LogP contribution is -2.01. The van der Waals surface area contributed by atoms with E-state index >= 15 is 0 Å². The van der Waals surface area contributed by atoms with Gasteiger partial charge in [0.15, 0.2) is 5.70 Å². The summed E-state index contributed by atoms with van der Waals surface area (Å²) in [5, 5.41) is 11.8. The van der Waals surface area contributed by atoms with Crippen LogP contribution in [0.3, 0.4) is 0 Å². The van der Waals surface area contributed by atoms with Crippen molar-refractivity contribution < 1.29 is 14.5 Å². The van der Waals surface area contributed by atoms with Gasteiger partial charge >= 0.3 is 5.97 Å². The molecule has 0 saturated heterocycles. The smallest absolute Gasteiger partial charge is 0.363 e. The van der Waals surface area contributed by atoms with Crippen LogP contribution in [0.2, 0.25) is 10.0 Å². The molecule has 0 N–H and O–H groups in total. The van der Waals surface area contributed by atoms with Gasteiger partial charge in [0.05, 0.1) is 20.5 Å². The average molecular weight is 389 g/mol. The van der Waals surface area contributed by atoms with Crippen LogP contribution in [0, 0.1) is 10.1 Å². The summed E-state index contributed by atoms with van der Waals surface area (Å²) in [5.41, 5.74) is 0.735. The van der Waals surface area contributed by atoms with Gasteiger partial charge in [-0.05, 0) is 29.8 Å². The molecule has 130 valence electrons. The number of nitro groups is 1. The molecule has 6 nitrogen and oxygen atoms in total. The number of ether oxygens (including phenoxy) is 1. The monoisotopic (exact) mass is 388 g/mol. The first kappa shape index (κ1) is 17.8. The van der Waals surface area contributed by atoms with Crippen LogP contribution in [0.4, 0.5) is 5.69 Å². The van der Waals surface area contributed by atoms with E-state index in [2.05, 4.69) is 4.99 Å². The van der Waals surface area contributed by atoms with Crippen molar-refractivity contribution in [1.29, 1.82) is 0 Å². The zero-order chi connectivity index (χ0) is 18.7. The number of rotatable bonds is 4. The van der Waals surface area contributed by atoms with E-state index in [0.717, 1.165) is 0 Å². The first-order chi connectivity index (χ1) is 12.5. The molecule has 0 spiro atoms. The summed E-state index contributed by atoms with van der Waals surface area (Å²) in [5.74, 6) is -0.643. The molecular weight excluding hydrogens is 379 g/mol. The molecule has 0 saturated carbocycles. The minimum Gasteiger partial charge on any atom is -0.403 e. The largest absolute Gasteiger partial charge is 0.403 e. The number of nitrogens with zero attached hydrogens (tertiary/aromatic N) is 2. The van der Waals surface area contributed by atoms with Crippen molar-refractivity contribution in [2.75, 3.05) is 0 Å². The molecule has 2 aromatic carbocycles. The van der Waals surface area contributed by atoms with E-state index in [4.69, 9.17) is 27.9 Å². The second-order valence-corrected chi connectivity index (χ2v) is 5.95. The average Bonchev–Trinajstić information content (AvgIpc) is 2.96. The molecule has 3 rings (SSSR count). The maximum absolute atomic E-state index is 11.9. The van der Waals surface area contributed by atoms with E-state index in [-0.39, 0.29) is 22.8 Å². The van der Waals surface area contributed by atoms with Crippen LogP contribution in [0.25, 0.3) is 12.2 Å². The topological polar surface area (TPSA) is 81.8 Å². The van der Waals surface area contributed by atoms with Gasteiger partial charge in [0, 0.05) is 12.1 Å². The van der Waals surface area contributed by atoms with Crippen molar-refractivity contribution in [2.24, 2.45) is 4.99 Å². The van der Waals surface area contributed by atoms with Crippen molar-refractivity contribution in [3.63, 3.8) is 0 Å². The number of carbonyl (C=O) groups excluding carboxylic acids is 1. The molecule has 0 amide bonds. The Morgan fingerprint density at radius 3 is 2.54 bits per heavy atom. The Labute approximate surface area is 158 Å². The number of hydrogen-bond acceptors (Lipinski definition) is 5. The first-order valence-electron chi connectivity index (χ1n) is 7.34. The Bertz CT molecular complexity index is 996. The normalized spacial score (nSPS) is 15.4. The first-order valence-corrected chi connectivity index (χ1v) is 8.09. The summed E-state index contributed by atoms with van der Waals surface area (Å²) in [4.78, 5) is 26.5. The van der Waals surface area contributed by atoms with Crippen LogP contribution in [-0.4, -0.2) is 16.8 Å². The molecule has 0 bridgehead atoms. The van der Waals surface area contributed by atoms with Crippen molar-refractivity contribution in [3.8, 4) is 0 Å². The van der Waals surface area contributed by atoms with Gasteiger partial charge in [-0.3, -0.25) is 10.1 Å². The Balaban J connectivity index is 1.89. The molecular formula is C18H10Cl2N2O4. The van der Waals surface area contributed by atoms with Gasteiger partial charge in [-0.2, -0.15) is 0 Å². The highest BCUT2D eigenvalue weighted by Gasteiger charge is 2.23. The molecule has 1 aliphatic heterocycles. The fraction of sp³-hybridized carbons (Fsp3) is 0. The highest BCUT2D eigenvalue weighted by atomic mass is 35.5. The summed E-state index contributed by atoms with van der Waals surface area (Å²) in [6.07, 6.45) is 4.39. The summed E-state index contributed by atoms with van der Waals surface area (Å²) in [6.45, 7) is 0. The highest BCUT2D eigenvalue weighted by Crippen LogP contribution is 2.27. The van der Waals surface area contributed by atoms with Gasteiger partial charge in [-0.25, -0.2) is 9.79 Å². The Morgan fingerprint density at radius 2 is 1.77 bits per heavy atom. The van der Waals surface area contributed by atoms with E-state index in [9.17, 15) is 14.9 Å². The zero-order valence-electron chi connectivity index (χ0n) is 13.1. The summed E-state index contributed by atoms with van der Waals surface area (Å²) < 4.78 is 5.05. The highest BCUT2D eigenvalue weighted by molar-refractivity contribution is 6.42. The molecule has 1 aliphatic rings. The number of benzene rings is 2. The molecule has 26 heavy (non-hydrogen) atoms. The van der Waals surface area contributed by atoms with Crippen LogP contribution in [0.5, 0.6) is 0 Å². The third-order valence-corrected chi connectivity index (χ3v) is 4.28. The number of hydrogen-bond donors (Lipinski definition) is 0. The van der Waals surface area contributed by atoms with Gasteiger partial charge < -0.3 is 4.74 Å². The second kappa shape index (κ2) is 7.51. The lowest BCUT2D eigenvalue weighted by atomic mass is 10.1. The number of nitro benzene ring substituents is 1. The second-order valence-electron chi connectivity index (χ2n) is 5.16. The van der Waals surface area contributed by atoms with Crippen LogP contribution < -0.4 is 0 Å². The van der Waals surface area contributed by atoms with Gasteiger partial charge in [0.2, 0.25) is 5.90 Å². The molecule has 8 heteroatoms. The third kappa shape index (κ3) is 3.82. The fourth-order valence-corrected chi connectivity index (χ4v) is 2.60. The molecule has 0 unspecified atom stereocenters. The third-order valence-electron chi connectivity index (χ3n) is 3.45. The van der Waals surface area contributed by atoms with Crippen molar-refractivity contribution in [3.05, 3.63) is 85.5 Å². The molecule has 0 atom stereocenters. The maximum atomic E-state index is 11.9. The lowest BCUT2D eigenvalue weighted by molar-refractivity contribution is -0.385. The van der Waals surface area contributed by atoms with Gasteiger partial charge in [-0.15, -0.1) is 0 Å². The number of cyclic esters (lactones) is 1. The van der Waals surface area contributed by atoms with E-state index in [0.29, 0.717) is 15.6 Å². The van der Waals surface area contributed by atoms with Gasteiger partial charge in [-0.1, -0.05) is 47.5 Å². The summed E-state index contributed by atoms with van der Waals surface area (Å²) in [7, 11) is 0. The van der Waals surface area contributed by atoms with Crippen LogP contribution >= 0.6 is 23.2 Å². The zero-order valence-corrected chi connectivity index (χ0v) is 14.6. The predicted octanol–water partition coefficient (Wildman–Crippen LogP) is 4.91. The van der Waals surface area contributed by atoms with Crippen molar-refractivity contribution in [1.82, 2.24) is 0 Å². The summed E-state index contributed by atoms with van der Waals surface area (Å²) in [6, 6.07) is 11.2. The number of aliphatic imine (C=N–C) groups is 1. The van der Waals surface area contributed by atoms with Crippen molar-refractivity contribution >= 4 is 52.9 Å². The molecule has 2 aromatic rings. The van der Waals surface area contributed by atoms with Crippen LogP contribution in [0.15, 0.2) is 59.2 Å². The Morgan fingerprint density at radius 1 is 1.04 bits per heavy atom. The molecule has 0 aromatic heterocycles. The number of esters is 1. The molecule has 0 fully saturated rings. The van der Waals surface area contributed by atoms with Gasteiger partial charge in [0.1, 0.15) is 0 Å². The standard InChI is InChI=1S/C18H10Cl2N2O4/c19-13-6-3-5-11(17(13)20)8-9-16-21-14(18(23)26-16)10-12-4-1-2-7-15(12)22(24)25/h1-10H. The number of carbonyl (C=O) groups is 1. The predicted molar refractivity (Wildman–Crippen MR) is 100 cm³/mol. The van der Waals surface area contributed by atoms with E-state index < -0.39 is 10.9 Å². The number of halogens is 2. The maximum Gasteiger partial charge on any atom is 0.363 e. The van der Waals surface area contributed by atoms with Crippen LogP contribution in [0.1, 0.15) is 11.1 Å². The molecule has 0 radical (unpaired) electrons. The van der Waals surface area contributed by atoms with E-state index in [1.165, 1.54) is 24.3 Å². The van der Waals surface area contributed by atoms with Crippen LogP contribution in [-0.2, 0) is 9.53 Å². The minimum atomic E-state index is -0.694. The minimum absolute atomic E-state index is 0.0314.